The minimum absolute atomic E-state index is 0.0317. The standard InChI is InChI=1S/C24H29N3O3S2/c1-14-15(2)31-22-20(14)23(29)27(12-13-30-4)24(26-22)32-16(3)21(28)25-19-11-7-9-17-8-5-6-10-18(17)19/h5-6,8,10,16,19H,7,9,11-13H2,1-4H3,(H,25,28)/t16-,19+/m1/s1. The Hall–Kier alpha value is -2.16. The number of aromatic nitrogens is 2. The zero-order valence-electron chi connectivity index (χ0n) is 18.9. The van der Waals surface area contributed by atoms with Gasteiger partial charge in [-0.05, 0) is 56.7 Å². The topological polar surface area (TPSA) is 73.2 Å². The highest BCUT2D eigenvalue weighted by atomic mass is 32.2. The van der Waals surface area contributed by atoms with Crippen LogP contribution in [-0.2, 0) is 22.5 Å². The summed E-state index contributed by atoms with van der Waals surface area (Å²) in [7, 11) is 1.61. The number of rotatable bonds is 7. The number of fused-ring (bicyclic) bond motifs is 2. The van der Waals surface area contributed by atoms with Gasteiger partial charge in [0.1, 0.15) is 4.83 Å². The Bertz CT molecular complexity index is 1200. The number of hydrogen-bond donors (Lipinski definition) is 1. The van der Waals surface area contributed by atoms with Gasteiger partial charge in [-0.3, -0.25) is 14.2 Å². The Labute approximate surface area is 196 Å². The minimum atomic E-state index is -0.385. The van der Waals surface area contributed by atoms with E-state index in [4.69, 9.17) is 9.72 Å². The van der Waals surface area contributed by atoms with E-state index in [-0.39, 0.29) is 22.8 Å². The molecule has 0 spiro atoms. The van der Waals surface area contributed by atoms with Crippen LogP contribution in [-0.4, -0.2) is 34.4 Å². The first-order valence-corrected chi connectivity index (χ1v) is 12.6. The van der Waals surface area contributed by atoms with E-state index in [1.165, 1.54) is 34.2 Å². The first kappa shape index (κ1) is 23.0. The zero-order chi connectivity index (χ0) is 22.8. The van der Waals surface area contributed by atoms with Gasteiger partial charge in [-0.25, -0.2) is 4.98 Å². The number of benzene rings is 1. The molecular formula is C24H29N3O3S2. The van der Waals surface area contributed by atoms with Gasteiger partial charge in [0.25, 0.3) is 5.56 Å². The van der Waals surface area contributed by atoms with Gasteiger partial charge >= 0.3 is 0 Å². The molecule has 0 saturated heterocycles. The maximum absolute atomic E-state index is 13.3. The quantitative estimate of drug-likeness (QED) is 0.409. The summed E-state index contributed by atoms with van der Waals surface area (Å²) in [5.41, 5.74) is 3.44. The molecule has 0 bridgehead atoms. The van der Waals surface area contributed by atoms with Crippen molar-refractivity contribution in [2.24, 2.45) is 0 Å². The lowest BCUT2D eigenvalue weighted by Crippen LogP contribution is -2.36. The molecule has 0 fully saturated rings. The Balaban J connectivity index is 1.58. The van der Waals surface area contributed by atoms with Crippen LogP contribution >= 0.6 is 23.1 Å². The monoisotopic (exact) mass is 471 g/mol. The summed E-state index contributed by atoms with van der Waals surface area (Å²) in [5.74, 6) is -0.0390. The van der Waals surface area contributed by atoms with Crippen molar-refractivity contribution in [2.45, 2.75) is 63.0 Å². The van der Waals surface area contributed by atoms with Crippen molar-refractivity contribution >= 4 is 39.2 Å². The van der Waals surface area contributed by atoms with E-state index >= 15 is 0 Å². The van der Waals surface area contributed by atoms with Crippen LogP contribution in [0.3, 0.4) is 0 Å². The highest BCUT2D eigenvalue weighted by molar-refractivity contribution is 8.00. The van der Waals surface area contributed by atoms with Gasteiger partial charge in [-0.1, -0.05) is 36.0 Å². The first-order chi connectivity index (χ1) is 15.4. The van der Waals surface area contributed by atoms with Gasteiger partial charge in [0, 0.05) is 12.0 Å². The minimum Gasteiger partial charge on any atom is -0.383 e. The van der Waals surface area contributed by atoms with Crippen molar-refractivity contribution in [3.05, 3.63) is 56.2 Å². The van der Waals surface area contributed by atoms with Crippen LogP contribution in [0.2, 0.25) is 0 Å². The number of carbonyl (C=O) groups excluding carboxylic acids is 1. The highest BCUT2D eigenvalue weighted by Gasteiger charge is 2.26. The second kappa shape index (κ2) is 9.77. The van der Waals surface area contributed by atoms with Crippen LogP contribution in [0.1, 0.15) is 47.4 Å². The molecule has 6 nitrogen and oxygen atoms in total. The van der Waals surface area contributed by atoms with Gasteiger partial charge < -0.3 is 10.1 Å². The number of hydrogen-bond acceptors (Lipinski definition) is 6. The van der Waals surface area contributed by atoms with E-state index in [0.717, 1.165) is 34.5 Å². The lowest BCUT2D eigenvalue weighted by Gasteiger charge is -2.27. The van der Waals surface area contributed by atoms with Crippen molar-refractivity contribution in [3.63, 3.8) is 0 Å². The number of aryl methyl sites for hydroxylation is 3. The fourth-order valence-electron chi connectivity index (χ4n) is 4.18. The summed E-state index contributed by atoms with van der Waals surface area (Å²) in [5, 5.41) is 4.07. The largest absolute Gasteiger partial charge is 0.383 e. The van der Waals surface area contributed by atoms with Gasteiger partial charge in [0.2, 0.25) is 5.91 Å². The van der Waals surface area contributed by atoms with Gasteiger partial charge in [0.05, 0.1) is 29.8 Å². The Morgan fingerprint density at radius 1 is 1.38 bits per heavy atom. The van der Waals surface area contributed by atoms with Crippen molar-refractivity contribution in [3.8, 4) is 0 Å². The van der Waals surface area contributed by atoms with Crippen LogP contribution in [0.15, 0.2) is 34.2 Å². The molecule has 1 N–H and O–H groups in total. The fourth-order valence-corrected chi connectivity index (χ4v) is 6.20. The Kier molecular flexibility index (Phi) is 7.02. The van der Waals surface area contributed by atoms with Gasteiger partial charge in [0.15, 0.2) is 5.16 Å². The summed E-state index contributed by atoms with van der Waals surface area (Å²) >= 11 is 2.86. The molecule has 32 heavy (non-hydrogen) atoms. The van der Waals surface area contributed by atoms with E-state index in [9.17, 15) is 9.59 Å². The molecule has 0 unspecified atom stereocenters. The average Bonchev–Trinajstić information content (AvgIpc) is 3.07. The van der Waals surface area contributed by atoms with Crippen LogP contribution in [0.5, 0.6) is 0 Å². The summed E-state index contributed by atoms with van der Waals surface area (Å²) in [6, 6.07) is 8.36. The van der Waals surface area contributed by atoms with E-state index in [2.05, 4.69) is 23.5 Å². The number of thioether (sulfide) groups is 1. The van der Waals surface area contributed by atoms with Gasteiger partial charge in [-0.15, -0.1) is 11.3 Å². The van der Waals surface area contributed by atoms with Crippen LogP contribution < -0.4 is 10.9 Å². The number of nitrogens with zero attached hydrogens (tertiary/aromatic N) is 2. The summed E-state index contributed by atoms with van der Waals surface area (Å²) in [4.78, 5) is 32.9. The highest BCUT2D eigenvalue weighted by Crippen LogP contribution is 2.32. The molecule has 0 aliphatic heterocycles. The second-order valence-electron chi connectivity index (χ2n) is 8.22. The Morgan fingerprint density at radius 2 is 2.16 bits per heavy atom. The molecule has 0 saturated carbocycles. The molecule has 0 radical (unpaired) electrons. The Morgan fingerprint density at radius 3 is 2.94 bits per heavy atom. The molecule has 1 aliphatic carbocycles. The number of nitrogens with one attached hydrogen (secondary N) is 1. The first-order valence-electron chi connectivity index (χ1n) is 10.9. The maximum atomic E-state index is 13.3. The number of thiophene rings is 1. The SMILES string of the molecule is COCCn1c(S[C@H](C)C(=O)N[C@H]2CCCc3ccccc32)nc2sc(C)c(C)c2c1=O. The lowest BCUT2D eigenvalue weighted by atomic mass is 9.88. The van der Waals surface area contributed by atoms with Crippen LogP contribution in [0, 0.1) is 13.8 Å². The number of ether oxygens (including phenoxy) is 1. The molecular weight excluding hydrogens is 442 g/mol. The third-order valence-corrected chi connectivity index (χ3v) is 8.30. The fraction of sp³-hybridized carbons (Fsp3) is 0.458. The van der Waals surface area contributed by atoms with Gasteiger partial charge in [-0.2, -0.15) is 0 Å². The smallest absolute Gasteiger partial charge is 0.263 e. The molecule has 8 heteroatoms. The third kappa shape index (κ3) is 4.49. The van der Waals surface area contributed by atoms with Crippen molar-refractivity contribution in [1.82, 2.24) is 14.9 Å². The number of amides is 1. The molecule has 2 aromatic heterocycles. The molecule has 1 aromatic carbocycles. The molecule has 3 aromatic rings. The third-order valence-electron chi connectivity index (χ3n) is 6.11. The molecule has 2 atom stereocenters. The predicted octanol–water partition coefficient (Wildman–Crippen LogP) is 4.40. The zero-order valence-corrected chi connectivity index (χ0v) is 20.6. The lowest BCUT2D eigenvalue weighted by molar-refractivity contribution is -0.121. The average molecular weight is 472 g/mol. The molecule has 1 aliphatic rings. The van der Waals surface area contributed by atoms with E-state index in [1.54, 1.807) is 11.7 Å². The summed E-state index contributed by atoms with van der Waals surface area (Å²) in [6.07, 6.45) is 3.06. The van der Waals surface area contributed by atoms with E-state index < -0.39 is 0 Å². The van der Waals surface area contributed by atoms with Crippen molar-refractivity contribution in [1.29, 1.82) is 0 Å². The van der Waals surface area contributed by atoms with E-state index in [1.807, 2.05) is 26.8 Å². The molecule has 170 valence electrons. The molecule has 1 amide bonds. The van der Waals surface area contributed by atoms with Crippen molar-refractivity contribution < 1.29 is 9.53 Å². The molecule has 2 heterocycles. The summed E-state index contributed by atoms with van der Waals surface area (Å²) < 4.78 is 6.86. The predicted molar refractivity (Wildman–Crippen MR) is 131 cm³/mol. The second-order valence-corrected chi connectivity index (χ2v) is 10.7. The van der Waals surface area contributed by atoms with Crippen LogP contribution in [0.4, 0.5) is 0 Å². The number of methoxy groups -OCH3 is 1. The maximum Gasteiger partial charge on any atom is 0.263 e. The normalized spacial score (nSPS) is 16.7. The van der Waals surface area contributed by atoms with E-state index in [0.29, 0.717) is 23.7 Å². The summed E-state index contributed by atoms with van der Waals surface area (Å²) in [6.45, 7) is 6.65. The van der Waals surface area contributed by atoms with Crippen LogP contribution in [0.25, 0.3) is 10.2 Å². The number of carbonyl (C=O) groups is 1. The molecule has 4 rings (SSSR count). The van der Waals surface area contributed by atoms with Crippen molar-refractivity contribution in [2.75, 3.05) is 13.7 Å².